The average molecular weight is 256 g/mol. The summed E-state index contributed by atoms with van der Waals surface area (Å²) in [5.41, 5.74) is 8.07. The largest absolute Gasteiger partial charge is 0.435 e. The summed E-state index contributed by atoms with van der Waals surface area (Å²) in [5.74, 6) is -0.205. The molecule has 0 fully saturated rings. The molecule has 0 bridgehead atoms. The summed E-state index contributed by atoms with van der Waals surface area (Å²) < 4.78 is 1.46. The Hall–Kier alpha value is -2.03. The van der Waals surface area contributed by atoms with E-state index in [-0.39, 0.29) is 11.1 Å². The number of hydrogen-bond donors (Lipinski definition) is 2. The SMILES string of the molecule is CCCn1c(C=NNC(N)=S)cnc1[N+](=O)[O-]. The van der Waals surface area contributed by atoms with Gasteiger partial charge in [-0.15, -0.1) is 0 Å². The molecular formula is C8H12N6O2S. The third-order valence-electron chi connectivity index (χ3n) is 1.85. The summed E-state index contributed by atoms with van der Waals surface area (Å²) in [6, 6.07) is 0. The van der Waals surface area contributed by atoms with Gasteiger partial charge in [0, 0.05) is 0 Å². The number of thiocarbonyl (C=S) groups is 1. The highest BCUT2D eigenvalue weighted by Crippen LogP contribution is 2.12. The molecule has 0 saturated carbocycles. The molecule has 0 spiro atoms. The number of imidazole rings is 1. The van der Waals surface area contributed by atoms with Crippen molar-refractivity contribution in [3.63, 3.8) is 0 Å². The second-order valence-corrected chi connectivity index (χ2v) is 3.57. The third-order valence-corrected chi connectivity index (χ3v) is 1.94. The van der Waals surface area contributed by atoms with Crippen LogP contribution in [0, 0.1) is 10.1 Å². The number of hydrazone groups is 1. The first kappa shape index (κ1) is 13.0. The molecule has 0 aromatic carbocycles. The van der Waals surface area contributed by atoms with Crippen molar-refractivity contribution < 1.29 is 4.92 Å². The number of aromatic nitrogens is 2. The Balaban J connectivity index is 2.95. The molecule has 8 nitrogen and oxygen atoms in total. The summed E-state index contributed by atoms with van der Waals surface area (Å²) in [5, 5.41) is 14.5. The molecule has 17 heavy (non-hydrogen) atoms. The second kappa shape index (κ2) is 5.89. The van der Waals surface area contributed by atoms with E-state index in [1.807, 2.05) is 6.92 Å². The lowest BCUT2D eigenvalue weighted by atomic mass is 10.4. The van der Waals surface area contributed by atoms with E-state index in [1.54, 1.807) is 0 Å². The van der Waals surface area contributed by atoms with E-state index in [1.165, 1.54) is 17.0 Å². The van der Waals surface area contributed by atoms with Gasteiger partial charge in [-0.05, 0) is 23.6 Å². The second-order valence-electron chi connectivity index (χ2n) is 3.13. The average Bonchev–Trinajstić information content (AvgIpc) is 2.62. The first-order valence-electron chi connectivity index (χ1n) is 4.84. The lowest BCUT2D eigenvalue weighted by molar-refractivity contribution is -0.396. The Morgan fingerprint density at radius 1 is 1.88 bits per heavy atom. The van der Waals surface area contributed by atoms with Crippen molar-refractivity contribution in [2.24, 2.45) is 10.8 Å². The molecular weight excluding hydrogens is 244 g/mol. The zero-order valence-corrected chi connectivity index (χ0v) is 9.98. The number of nitrogens with zero attached hydrogens (tertiary/aromatic N) is 4. The van der Waals surface area contributed by atoms with Gasteiger partial charge in [0.25, 0.3) is 0 Å². The summed E-state index contributed by atoms with van der Waals surface area (Å²) in [6.07, 6.45) is 3.51. The molecule has 92 valence electrons. The molecule has 0 atom stereocenters. The van der Waals surface area contributed by atoms with Crippen LogP contribution in [0.4, 0.5) is 5.95 Å². The highest BCUT2D eigenvalue weighted by Gasteiger charge is 2.18. The summed E-state index contributed by atoms with van der Waals surface area (Å²) in [4.78, 5) is 13.9. The smallest absolute Gasteiger partial charge is 0.390 e. The zero-order valence-electron chi connectivity index (χ0n) is 9.16. The van der Waals surface area contributed by atoms with Crippen molar-refractivity contribution in [3.8, 4) is 0 Å². The molecule has 0 amide bonds. The van der Waals surface area contributed by atoms with E-state index in [9.17, 15) is 10.1 Å². The predicted octanol–water partition coefficient (Wildman–Crippen LogP) is 0.368. The van der Waals surface area contributed by atoms with Crippen molar-refractivity contribution >= 4 is 29.5 Å². The number of nitrogens with two attached hydrogens (primary N) is 1. The van der Waals surface area contributed by atoms with Crippen LogP contribution in [0.3, 0.4) is 0 Å². The normalized spacial score (nSPS) is 10.6. The Kier molecular flexibility index (Phi) is 4.52. The van der Waals surface area contributed by atoms with Crippen LogP contribution in [0.5, 0.6) is 0 Å². The number of rotatable bonds is 5. The molecule has 0 unspecified atom stereocenters. The molecule has 1 rings (SSSR count). The van der Waals surface area contributed by atoms with Gasteiger partial charge in [0.15, 0.2) is 10.8 Å². The van der Waals surface area contributed by atoms with Crippen molar-refractivity contribution in [2.75, 3.05) is 0 Å². The first-order chi connectivity index (χ1) is 8.06. The van der Waals surface area contributed by atoms with E-state index in [0.717, 1.165) is 6.42 Å². The monoisotopic (exact) mass is 256 g/mol. The summed E-state index contributed by atoms with van der Waals surface area (Å²) in [7, 11) is 0. The van der Waals surface area contributed by atoms with E-state index in [4.69, 9.17) is 5.73 Å². The maximum Gasteiger partial charge on any atom is 0.435 e. The van der Waals surface area contributed by atoms with Gasteiger partial charge in [0.2, 0.25) is 0 Å². The topological polar surface area (TPSA) is 111 Å². The van der Waals surface area contributed by atoms with E-state index < -0.39 is 4.92 Å². The van der Waals surface area contributed by atoms with E-state index in [2.05, 4.69) is 27.7 Å². The Morgan fingerprint density at radius 3 is 3.12 bits per heavy atom. The maximum atomic E-state index is 10.7. The van der Waals surface area contributed by atoms with Crippen molar-refractivity contribution in [1.82, 2.24) is 15.0 Å². The molecule has 1 aromatic rings. The van der Waals surface area contributed by atoms with Crippen LogP contribution < -0.4 is 11.2 Å². The van der Waals surface area contributed by atoms with Gasteiger partial charge in [0.05, 0.1) is 12.8 Å². The van der Waals surface area contributed by atoms with Gasteiger partial charge in [-0.1, -0.05) is 11.9 Å². The van der Waals surface area contributed by atoms with Gasteiger partial charge in [0.1, 0.15) is 6.20 Å². The van der Waals surface area contributed by atoms with Crippen molar-refractivity contribution in [3.05, 3.63) is 22.0 Å². The number of hydrogen-bond acceptors (Lipinski definition) is 5. The van der Waals surface area contributed by atoms with Crippen LogP contribution in [0.15, 0.2) is 11.3 Å². The van der Waals surface area contributed by atoms with Crippen LogP contribution in [-0.4, -0.2) is 25.8 Å². The van der Waals surface area contributed by atoms with Gasteiger partial charge in [-0.2, -0.15) is 5.10 Å². The van der Waals surface area contributed by atoms with Crippen molar-refractivity contribution in [2.45, 2.75) is 19.9 Å². The molecule has 1 heterocycles. The third kappa shape index (κ3) is 3.48. The van der Waals surface area contributed by atoms with Gasteiger partial charge >= 0.3 is 5.95 Å². The molecule has 0 aliphatic rings. The number of nitrogens with one attached hydrogen (secondary N) is 1. The van der Waals surface area contributed by atoms with Crippen LogP contribution in [-0.2, 0) is 6.54 Å². The Morgan fingerprint density at radius 2 is 2.59 bits per heavy atom. The van der Waals surface area contributed by atoms with Crippen LogP contribution in [0.2, 0.25) is 0 Å². The van der Waals surface area contributed by atoms with Gasteiger partial charge in [-0.25, -0.2) is 4.57 Å². The fourth-order valence-corrected chi connectivity index (χ4v) is 1.29. The Bertz CT molecular complexity index is 455. The standard InChI is InChI=1S/C8H12N6O2S/c1-2-3-13-6(5-11-12-7(9)17)4-10-8(13)14(15)16/h4-5H,2-3H2,1H3,(H3,9,12,17). The minimum atomic E-state index is -0.534. The van der Waals surface area contributed by atoms with Crippen LogP contribution >= 0.6 is 12.2 Å². The van der Waals surface area contributed by atoms with Crippen LogP contribution in [0.1, 0.15) is 19.0 Å². The fourth-order valence-electron chi connectivity index (χ4n) is 1.24. The molecule has 3 N–H and O–H groups in total. The predicted molar refractivity (Wildman–Crippen MR) is 66.7 cm³/mol. The van der Waals surface area contributed by atoms with Gasteiger partial charge in [-0.3, -0.25) is 5.43 Å². The highest BCUT2D eigenvalue weighted by atomic mass is 32.1. The molecule has 0 saturated heterocycles. The molecule has 0 aliphatic heterocycles. The highest BCUT2D eigenvalue weighted by molar-refractivity contribution is 7.80. The Labute approximate surface area is 103 Å². The van der Waals surface area contributed by atoms with Crippen LogP contribution in [0.25, 0.3) is 0 Å². The molecule has 1 aromatic heterocycles. The lowest BCUT2D eigenvalue weighted by Crippen LogP contribution is -2.24. The van der Waals surface area contributed by atoms with Gasteiger partial charge < -0.3 is 15.8 Å². The zero-order chi connectivity index (χ0) is 12.8. The molecule has 9 heteroatoms. The molecule has 0 radical (unpaired) electrons. The fraction of sp³-hybridized carbons (Fsp3) is 0.375. The quantitative estimate of drug-likeness (QED) is 0.341. The van der Waals surface area contributed by atoms with E-state index >= 15 is 0 Å². The minimum absolute atomic E-state index is 0.0253. The maximum absolute atomic E-state index is 10.7. The first-order valence-corrected chi connectivity index (χ1v) is 5.25. The van der Waals surface area contributed by atoms with E-state index in [0.29, 0.717) is 12.2 Å². The summed E-state index contributed by atoms with van der Waals surface area (Å²) in [6.45, 7) is 2.41. The summed E-state index contributed by atoms with van der Waals surface area (Å²) >= 11 is 4.56. The lowest BCUT2D eigenvalue weighted by Gasteiger charge is -2.01. The minimum Gasteiger partial charge on any atom is -0.390 e. The number of nitro groups is 1. The molecule has 0 aliphatic carbocycles. The van der Waals surface area contributed by atoms with Crippen molar-refractivity contribution in [1.29, 1.82) is 0 Å².